The van der Waals surface area contributed by atoms with Gasteiger partial charge in [-0.3, -0.25) is 4.40 Å². The lowest BCUT2D eigenvalue weighted by atomic mass is 10.0. The zero-order valence-electron chi connectivity index (χ0n) is 10.5. The Balaban J connectivity index is 2.23. The van der Waals surface area contributed by atoms with Crippen molar-refractivity contribution in [1.82, 2.24) is 9.38 Å². The molecule has 0 spiro atoms. The number of nitrogens with one attached hydrogen (secondary N) is 1. The van der Waals surface area contributed by atoms with Gasteiger partial charge in [-0.05, 0) is 24.5 Å². The molecule has 2 aromatic rings. The number of pyridine rings is 1. The van der Waals surface area contributed by atoms with Gasteiger partial charge in [0.15, 0.2) is 0 Å². The number of carboxylic acid groups (broad SMARTS) is 1. The van der Waals surface area contributed by atoms with E-state index in [9.17, 15) is 9.90 Å². The van der Waals surface area contributed by atoms with Crippen LogP contribution in [0.15, 0.2) is 30.6 Å². The molecule has 0 fully saturated rings. The van der Waals surface area contributed by atoms with Gasteiger partial charge in [0.05, 0.1) is 11.7 Å². The second-order valence-electron chi connectivity index (χ2n) is 4.74. The van der Waals surface area contributed by atoms with E-state index in [1.54, 1.807) is 6.20 Å². The summed E-state index contributed by atoms with van der Waals surface area (Å²) in [5.41, 5.74) is 0.939. The van der Waals surface area contributed by atoms with E-state index in [0.717, 1.165) is 5.52 Å². The zero-order chi connectivity index (χ0) is 13.1. The number of aliphatic carboxylic acids is 1. The first-order valence-corrected chi connectivity index (χ1v) is 5.99. The Morgan fingerprint density at radius 3 is 2.94 bits per heavy atom. The molecule has 1 atom stereocenters. The first kappa shape index (κ1) is 12.4. The van der Waals surface area contributed by atoms with Crippen LogP contribution in [0.3, 0.4) is 0 Å². The number of carboxylic acids is 1. The van der Waals surface area contributed by atoms with Crippen LogP contribution in [0.5, 0.6) is 0 Å². The largest absolute Gasteiger partial charge is 0.480 e. The molecule has 5 nitrogen and oxygen atoms in total. The van der Waals surface area contributed by atoms with E-state index in [-0.39, 0.29) is 0 Å². The number of hydrogen-bond acceptors (Lipinski definition) is 3. The van der Waals surface area contributed by atoms with Crippen molar-refractivity contribution in [3.05, 3.63) is 30.6 Å². The lowest BCUT2D eigenvalue weighted by molar-refractivity contribution is -0.138. The summed E-state index contributed by atoms with van der Waals surface area (Å²) in [6.07, 6.45) is 4.15. The van der Waals surface area contributed by atoms with Crippen LogP contribution in [0.2, 0.25) is 0 Å². The highest BCUT2D eigenvalue weighted by Gasteiger charge is 2.20. The Bertz CT molecular complexity index is 548. The Kier molecular flexibility index (Phi) is 3.50. The molecule has 2 aromatic heterocycles. The molecule has 0 radical (unpaired) electrons. The summed E-state index contributed by atoms with van der Waals surface area (Å²) in [7, 11) is 0. The molecule has 0 amide bonds. The molecule has 18 heavy (non-hydrogen) atoms. The molecule has 0 aliphatic heterocycles. The third-order valence-corrected chi connectivity index (χ3v) is 2.75. The van der Waals surface area contributed by atoms with Crippen LogP contribution >= 0.6 is 0 Å². The van der Waals surface area contributed by atoms with Crippen molar-refractivity contribution in [2.24, 2.45) is 5.92 Å². The number of anilines is 1. The zero-order valence-corrected chi connectivity index (χ0v) is 10.5. The lowest BCUT2D eigenvalue weighted by Gasteiger charge is -2.16. The first-order valence-electron chi connectivity index (χ1n) is 5.99. The molecule has 0 aromatic carbocycles. The number of hydrogen-bond donors (Lipinski definition) is 2. The van der Waals surface area contributed by atoms with Gasteiger partial charge >= 0.3 is 5.97 Å². The van der Waals surface area contributed by atoms with E-state index in [1.807, 2.05) is 42.6 Å². The predicted molar refractivity (Wildman–Crippen MR) is 69.7 cm³/mol. The van der Waals surface area contributed by atoms with Crippen molar-refractivity contribution in [2.75, 3.05) is 5.32 Å². The van der Waals surface area contributed by atoms with Crippen LogP contribution in [0, 0.1) is 5.92 Å². The smallest absolute Gasteiger partial charge is 0.326 e. The Morgan fingerprint density at radius 1 is 1.50 bits per heavy atom. The minimum absolute atomic E-state index is 0.310. The van der Waals surface area contributed by atoms with E-state index < -0.39 is 12.0 Å². The van der Waals surface area contributed by atoms with E-state index in [2.05, 4.69) is 10.3 Å². The standard InChI is InChI=1S/C13H17N3O2/c1-9(2)7-11(12(17)18)15-13-14-8-10-5-3-4-6-16(10)13/h3-6,8-9,11H,7H2,1-2H3,(H,14,15)(H,17,18). The average molecular weight is 247 g/mol. The Labute approximate surface area is 105 Å². The van der Waals surface area contributed by atoms with Gasteiger partial charge < -0.3 is 10.4 Å². The fourth-order valence-corrected chi connectivity index (χ4v) is 1.90. The summed E-state index contributed by atoms with van der Waals surface area (Å²) in [6.45, 7) is 4.00. The predicted octanol–water partition coefficient (Wildman–Crippen LogP) is 2.25. The summed E-state index contributed by atoms with van der Waals surface area (Å²) in [4.78, 5) is 15.4. The van der Waals surface area contributed by atoms with Gasteiger partial charge in [-0.15, -0.1) is 0 Å². The molecule has 0 saturated heterocycles. The molecule has 1 unspecified atom stereocenters. The first-order chi connectivity index (χ1) is 8.58. The van der Waals surface area contributed by atoms with Gasteiger partial charge in [0.25, 0.3) is 0 Å². The van der Waals surface area contributed by atoms with Gasteiger partial charge in [-0.25, -0.2) is 9.78 Å². The van der Waals surface area contributed by atoms with Gasteiger partial charge in [-0.2, -0.15) is 0 Å². The molecule has 96 valence electrons. The Morgan fingerprint density at radius 2 is 2.28 bits per heavy atom. The topological polar surface area (TPSA) is 66.6 Å². The number of carbonyl (C=O) groups is 1. The van der Waals surface area contributed by atoms with Crippen LogP contribution in [0.4, 0.5) is 5.95 Å². The number of fused-ring (bicyclic) bond motifs is 1. The summed E-state index contributed by atoms with van der Waals surface area (Å²) in [6, 6.07) is 5.12. The van der Waals surface area contributed by atoms with Crippen LogP contribution in [-0.4, -0.2) is 26.5 Å². The Hall–Kier alpha value is -2.04. The summed E-state index contributed by atoms with van der Waals surface area (Å²) in [5, 5.41) is 12.2. The van der Waals surface area contributed by atoms with E-state index in [0.29, 0.717) is 18.3 Å². The highest BCUT2D eigenvalue weighted by atomic mass is 16.4. The van der Waals surface area contributed by atoms with Crippen molar-refractivity contribution in [3.8, 4) is 0 Å². The maximum Gasteiger partial charge on any atom is 0.326 e. The number of aromatic nitrogens is 2. The second kappa shape index (κ2) is 5.08. The van der Waals surface area contributed by atoms with Crippen molar-refractivity contribution in [1.29, 1.82) is 0 Å². The van der Waals surface area contributed by atoms with Crippen molar-refractivity contribution in [2.45, 2.75) is 26.3 Å². The summed E-state index contributed by atoms with van der Waals surface area (Å²) in [5.74, 6) is 0.0276. The molecular formula is C13H17N3O2. The summed E-state index contributed by atoms with van der Waals surface area (Å²) < 4.78 is 1.84. The molecule has 2 rings (SSSR count). The number of rotatable bonds is 5. The molecule has 2 N–H and O–H groups in total. The van der Waals surface area contributed by atoms with Gasteiger partial charge in [-0.1, -0.05) is 19.9 Å². The van der Waals surface area contributed by atoms with Crippen LogP contribution in [0.25, 0.3) is 5.52 Å². The molecule has 2 heterocycles. The quantitative estimate of drug-likeness (QED) is 0.850. The van der Waals surface area contributed by atoms with Crippen LogP contribution < -0.4 is 5.32 Å². The van der Waals surface area contributed by atoms with Crippen molar-refractivity contribution in [3.63, 3.8) is 0 Å². The normalized spacial score (nSPS) is 12.8. The van der Waals surface area contributed by atoms with E-state index >= 15 is 0 Å². The molecule has 0 aliphatic carbocycles. The third kappa shape index (κ3) is 2.61. The highest BCUT2D eigenvalue weighted by molar-refractivity contribution is 5.76. The average Bonchev–Trinajstić information content (AvgIpc) is 2.71. The van der Waals surface area contributed by atoms with Gasteiger partial charge in [0, 0.05) is 6.20 Å². The molecule has 0 saturated carbocycles. The van der Waals surface area contributed by atoms with Gasteiger partial charge in [0.2, 0.25) is 5.95 Å². The second-order valence-corrected chi connectivity index (χ2v) is 4.74. The molecule has 0 bridgehead atoms. The lowest BCUT2D eigenvalue weighted by Crippen LogP contribution is -2.31. The molecule has 0 aliphatic rings. The third-order valence-electron chi connectivity index (χ3n) is 2.75. The molecule has 5 heteroatoms. The fourth-order valence-electron chi connectivity index (χ4n) is 1.90. The molecular weight excluding hydrogens is 230 g/mol. The minimum Gasteiger partial charge on any atom is -0.480 e. The highest BCUT2D eigenvalue weighted by Crippen LogP contribution is 2.14. The van der Waals surface area contributed by atoms with E-state index in [1.165, 1.54) is 0 Å². The van der Waals surface area contributed by atoms with Crippen LogP contribution in [-0.2, 0) is 4.79 Å². The fraction of sp³-hybridized carbons (Fsp3) is 0.385. The SMILES string of the molecule is CC(C)CC(Nc1ncc2ccccn12)C(=O)O. The van der Waals surface area contributed by atoms with E-state index in [4.69, 9.17) is 0 Å². The monoisotopic (exact) mass is 247 g/mol. The summed E-state index contributed by atoms with van der Waals surface area (Å²) >= 11 is 0. The maximum absolute atomic E-state index is 11.2. The number of nitrogens with zero attached hydrogens (tertiary/aromatic N) is 2. The van der Waals surface area contributed by atoms with Gasteiger partial charge in [0.1, 0.15) is 6.04 Å². The minimum atomic E-state index is -0.851. The number of imidazole rings is 1. The van der Waals surface area contributed by atoms with Crippen LogP contribution in [0.1, 0.15) is 20.3 Å². The van der Waals surface area contributed by atoms with Crippen molar-refractivity contribution >= 4 is 17.4 Å². The maximum atomic E-state index is 11.2. The van der Waals surface area contributed by atoms with Crippen molar-refractivity contribution < 1.29 is 9.90 Å².